The highest BCUT2D eigenvalue weighted by atomic mass is 32.2. The van der Waals surface area contributed by atoms with Gasteiger partial charge in [-0.15, -0.1) is 0 Å². The molecular weight excluding hydrogens is 354 g/mol. The van der Waals surface area contributed by atoms with E-state index in [4.69, 9.17) is 5.21 Å². The van der Waals surface area contributed by atoms with Crippen LogP contribution in [0.3, 0.4) is 0 Å². The van der Waals surface area contributed by atoms with Gasteiger partial charge in [-0.25, -0.2) is 18.9 Å². The third-order valence-corrected chi connectivity index (χ3v) is 6.55. The Morgan fingerprint density at radius 2 is 2.08 bits per heavy atom. The molecule has 1 aliphatic rings. The van der Waals surface area contributed by atoms with Crippen molar-refractivity contribution in [3.63, 3.8) is 0 Å². The van der Waals surface area contributed by atoms with Crippen molar-refractivity contribution < 1.29 is 18.4 Å². The highest BCUT2D eigenvalue weighted by Gasteiger charge is 2.30. The monoisotopic (exact) mass is 373 g/mol. The van der Waals surface area contributed by atoms with E-state index in [-0.39, 0.29) is 9.78 Å². The number of carbonyl (C=O) groups excluding carboxylic acids is 1. The van der Waals surface area contributed by atoms with Crippen molar-refractivity contribution in [3.05, 3.63) is 22.1 Å². The van der Waals surface area contributed by atoms with E-state index in [1.54, 1.807) is 12.4 Å². The largest absolute Gasteiger partial charge is 0.345 e. The topological polar surface area (TPSA) is 115 Å². The predicted octanol–water partition coefficient (Wildman–Crippen LogP) is 0.318. The van der Waals surface area contributed by atoms with Crippen LogP contribution < -0.4 is 10.4 Å². The van der Waals surface area contributed by atoms with Crippen molar-refractivity contribution in [2.24, 2.45) is 4.99 Å². The van der Waals surface area contributed by atoms with Gasteiger partial charge in [0.1, 0.15) is 4.88 Å². The van der Waals surface area contributed by atoms with Crippen LogP contribution in [0.5, 0.6) is 0 Å². The van der Waals surface area contributed by atoms with Gasteiger partial charge in [0.05, 0.1) is 11.1 Å². The molecule has 0 spiro atoms. The van der Waals surface area contributed by atoms with Gasteiger partial charge in [-0.1, -0.05) is 17.4 Å². The van der Waals surface area contributed by atoms with Crippen LogP contribution in [0.25, 0.3) is 0 Å². The second-order valence-electron chi connectivity index (χ2n) is 4.92. The zero-order chi connectivity index (χ0) is 17.7. The zero-order valence-electron chi connectivity index (χ0n) is 13.3. The molecule has 1 amide bonds. The van der Waals surface area contributed by atoms with Crippen molar-refractivity contribution in [3.8, 4) is 0 Å². The van der Waals surface area contributed by atoms with Crippen LogP contribution >= 0.6 is 11.3 Å². The summed E-state index contributed by atoms with van der Waals surface area (Å²) in [5.41, 5.74) is 1.56. The molecular formula is C13H19N5O4S2. The maximum atomic E-state index is 12.5. The molecule has 0 aliphatic carbocycles. The summed E-state index contributed by atoms with van der Waals surface area (Å²) >= 11 is 1.14. The number of amides is 1. The molecule has 24 heavy (non-hydrogen) atoms. The highest BCUT2D eigenvalue weighted by Crippen LogP contribution is 2.24. The number of nitrogens with one attached hydrogen (secondary N) is 1. The Bertz CT molecular complexity index is 748. The minimum Gasteiger partial charge on any atom is -0.345 e. The first kappa shape index (κ1) is 18.5. The molecule has 1 saturated heterocycles. The van der Waals surface area contributed by atoms with E-state index in [1.807, 2.05) is 4.90 Å². The number of carbonyl (C=O) groups is 1. The van der Waals surface area contributed by atoms with Crippen LogP contribution in [0, 0.1) is 0 Å². The number of thiazole rings is 1. The fraction of sp³-hybridized carbons (Fsp3) is 0.462. The summed E-state index contributed by atoms with van der Waals surface area (Å²) < 4.78 is 26.5. The van der Waals surface area contributed by atoms with E-state index in [9.17, 15) is 13.2 Å². The van der Waals surface area contributed by atoms with Crippen LogP contribution in [0.4, 0.5) is 5.13 Å². The maximum absolute atomic E-state index is 12.5. The molecule has 1 fully saturated rings. The normalized spacial score (nSPS) is 17.5. The maximum Gasteiger partial charge on any atom is 0.286 e. The van der Waals surface area contributed by atoms with Gasteiger partial charge in [-0.05, 0) is 6.92 Å². The lowest BCUT2D eigenvalue weighted by Gasteiger charge is -2.33. The molecule has 1 aromatic rings. The molecule has 0 bridgehead atoms. The molecule has 0 radical (unpaired) electrons. The van der Waals surface area contributed by atoms with Gasteiger partial charge >= 0.3 is 0 Å². The van der Waals surface area contributed by atoms with E-state index in [0.29, 0.717) is 31.3 Å². The first-order valence-corrected chi connectivity index (χ1v) is 9.43. The molecule has 0 aromatic carbocycles. The smallest absolute Gasteiger partial charge is 0.286 e. The highest BCUT2D eigenvalue weighted by molar-refractivity contribution is 7.93. The van der Waals surface area contributed by atoms with Crippen LogP contribution in [0.2, 0.25) is 0 Å². The summed E-state index contributed by atoms with van der Waals surface area (Å²) in [5.74, 6) is -0.614. The quantitative estimate of drug-likeness (QED) is 0.436. The van der Waals surface area contributed by atoms with E-state index in [1.165, 1.54) is 29.8 Å². The fourth-order valence-corrected chi connectivity index (χ4v) is 4.59. The number of hydrogen-bond acceptors (Lipinski definition) is 8. The lowest BCUT2D eigenvalue weighted by molar-refractivity contribution is 0.0710. The molecule has 2 rings (SSSR count). The predicted molar refractivity (Wildman–Crippen MR) is 92.2 cm³/mol. The number of aromatic nitrogens is 1. The van der Waals surface area contributed by atoms with E-state index < -0.39 is 15.9 Å². The van der Waals surface area contributed by atoms with Crippen molar-refractivity contribution >= 4 is 38.6 Å². The number of allylic oxidation sites excluding steroid dienone is 2. The summed E-state index contributed by atoms with van der Waals surface area (Å²) in [5, 5.41) is 9.25. The van der Waals surface area contributed by atoms with Crippen LogP contribution in [0.1, 0.15) is 16.6 Å². The Hall–Kier alpha value is -1.82. The minimum absolute atomic E-state index is 0.176. The Balaban J connectivity index is 2.06. The van der Waals surface area contributed by atoms with Crippen LogP contribution in [0.15, 0.2) is 22.2 Å². The number of nitrogens with zero attached hydrogens (tertiary/aromatic N) is 4. The number of piperazine rings is 1. The lowest BCUT2D eigenvalue weighted by atomic mass is 10.4. The zero-order valence-corrected chi connectivity index (χ0v) is 15.0. The van der Waals surface area contributed by atoms with Crippen molar-refractivity contribution in [1.29, 1.82) is 0 Å². The summed E-state index contributed by atoms with van der Waals surface area (Å²) in [6.07, 6.45) is 4.24. The molecule has 11 heteroatoms. The molecule has 1 aliphatic heterocycles. The second-order valence-corrected chi connectivity index (χ2v) is 7.86. The van der Waals surface area contributed by atoms with Gasteiger partial charge in [0.2, 0.25) is 10.0 Å². The van der Waals surface area contributed by atoms with Crippen molar-refractivity contribution in [2.45, 2.75) is 6.92 Å². The molecule has 0 unspecified atom stereocenters. The first-order chi connectivity index (χ1) is 11.4. The van der Waals surface area contributed by atoms with E-state index in [2.05, 4.69) is 9.98 Å². The van der Waals surface area contributed by atoms with Crippen LogP contribution in [-0.4, -0.2) is 68.3 Å². The van der Waals surface area contributed by atoms with Gasteiger partial charge in [-0.3, -0.25) is 15.0 Å². The van der Waals surface area contributed by atoms with Gasteiger partial charge in [0, 0.05) is 39.4 Å². The van der Waals surface area contributed by atoms with Gasteiger partial charge in [0.25, 0.3) is 5.91 Å². The Kier molecular flexibility index (Phi) is 6.04. The Labute approximate surface area is 144 Å². The molecule has 0 atom stereocenters. The van der Waals surface area contributed by atoms with Crippen molar-refractivity contribution in [1.82, 2.24) is 14.8 Å². The molecule has 2 N–H and O–H groups in total. The number of anilines is 1. The third-order valence-electron chi connectivity index (χ3n) is 3.51. The second kappa shape index (κ2) is 7.83. The Morgan fingerprint density at radius 3 is 2.62 bits per heavy atom. The summed E-state index contributed by atoms with van der Waals surface area (Å²) in [6, 6.07) is 0. The molecule has 132 valence electrons. The van der Waals surface area contributed by atoms with Gasteiger partial charge < -0.3 is 4.90 Å². The average molecular weight is 373 g/mol. The van der Waals surface area contributed by atoms with Crippen LogP contribution in [-0.2, 0) is 10.0 Å². The number of hydroxylamine groups is 1. The number of rotatable bonds is 5. The minimum atomic E-state index is -3.55. The first-order valence-electron chi connectivity index (χ1n) is 7.18. The fourth-order valence-electron chi connectivity index (χ4n) is 2.26. The van der Waals surface area contributed by atoms with Crippen molar-refractivity contribution in [2.75, 3.05) is 38.1 Å². The standard InChI is InChI=1S/C13H19N5O4S2/c1-3-10(8-14-2)24(21,22)18-6-4-17(5-7-18)13-15-9-11(23-13)12(19)16-20/h3,8-9,20H,4-7H2,1-2H3,(H,16,19)/b10-3+,14-8?. The molecule has 0 saturated carbocycles. The Morgan fingerprint density at radius 1 is 1.42 bits per heavy atom. The molecule has 1 aromatic heterocycles. The number of sulfonamides is 1. The average Bonchev–Trinajstić information content (AvgIpc) is 3.09. The van der Waals surface area contributed by atoms with Gasteiger partial charge in [-0.2, -0.15) is 4.31 Å². The molecule has 2 heterocycles. The lowest BCUT2D eigenvalue weighted by Crippen LogP contribution is -2.49. The molecule has 9 nitrogen and oxygen atoms in total. The third kappa shape index (κ3) is 3.80. The summed E-state index contributed by atoms with van der Waals surface area (Å²) in [4.78, 5) is 21.7. The number of aliphatic imine (C=N–C) groups is 1. The SMILES string of the molecule is C/C=C(\C=NC)S(=O)(=O)N1CCN(c2ncc(C(=O)NO)s2)CC1. The summed E-state index contributed by atoms with van der Waals surface area (Å²) in [7, 11) is -2.02. The summed E-state index contributed by atoms with van der Waals surface area (Å²) in [6.45, 7) is 3.23. The number of hydrogen-bond donors (Lipinski definition) is 2. The van der Waals surface area contributed by atoms with Gasteiger partial charge in [0.15, 0.2) is 5.13 Å². The van der Waals surface area contributed by atoms with E-state index >= 15 is 0 Å². The van der Waals surface area contributed by atoms with E-state index in [0.717, 1.165) is 11.3 Å².